The number of nitrogens with zero attached hydrogens (tertiary/aromatic N) is 3. The molecule has 0 radical (unpaired) electrons. The highest BCUT2D eigenvalue weighted by molar-refractivity contribution is 5.99. The third kappa shape index (κ3) is 2.53. The number of benzene rings is 1. The van der Waals surface area contributed by atoms with Crippen molar-refractivity contribution in [1.29, 1.82) is 0 Å². The fraction of sp³-hybridized carbons (Fsp3) is 0.143. The van der Waals surface area contributed by atoms with Crippen LogP contribution >= 0.6 is 0 Å². The Morgan fingerprint density at radius 2 is 2.19 bits per heavy atom. The van der Waals surface area contributed by atoms with E-state index < -0.39 is 4.92 Å². The lowest BCUT2D eigenvalue weighted by Gasteiger charge is -2.08. The second-order valence-corrected chi connectivity index (χ2v) is 4.59. The van der Waals surface area contributed by atoms with E-state index in [4.69, 9.17) is 4.52 Å². The summed E-state index contributed by atoms with van der Waals surface area (Å²) in [6.07, 6.45) is 3.15. The van der Waals surface area contributed by atoms with E-state index in [2.05, 4.69) is 15.5 Å². The Balaban J connectivity index is 1.96. The fourth-order valence-electron chi connectivity index (χ4n) is 2.17. The van der Waals surface area contributed by atoms with E-state index in [9.17, 15) is 10.1 Å². The predicted octanol–water partition coefficient (Wildman–Crippen LogP) is 3.05. The van der Waals surface area contributed by atoms with Gasteiger partial charge < -0.3 is 9.84 Å². The number of hydrogen-bond acceptors (Lipinski definition) is 6. The minimum atomic E-state index is -0.396. The summed E-state index contributed by atoms with van der Waals surface area (Å²) in [7, 11) is 0. The molecule has 0 saturated heterocycles. The highest BCUT2D eigenvalue weighted by Gasteiger charge is 2.14. The standard InChI is InChI=1S/C14H12N4O3/c1-9-6-10(17-21-9)7-16-13-2-3-14(18(19)20)11-4-5-15-8-12(11)13/h2-6,8,16H,7H2,1H3. The number of aryl methyl sites for hydroxylation is 1. The second-order valence-electron chi connectivity index (χ2n) is 4.59. The van der Waals surface area contributed by atoms with Gasteiger partial charge in [0.25, 0.3) is 5.69 Å². The van der Waals surface area contributed by atoms with Crippen LogP contribution in [0.15, 0.2) is 41.2 Å². The number of anilines is 1. The van der Waals surface area contributed by atoms with E-state index in [0.717, 1.165) is 17.1 Å². The highest BCUT2D eigenvalue weighted by Crippen LogP contribution is 2.30. The summed E-state index contributed by atoms with van der Waals surface area (Å²) in [6.45, 7) is 2.29. The molecule has 0 bridgehead atoms. The third-order valence-corrected chi connectivity index (χ3v) is 3.13. The van der Waals surface area contributed by atoms with E-state index in [1.165, 1.54) is 6.07 Å². The maximum absolute atomic E-state index is 11.1. The van der Waals surface area contributed by atoms with Gasteiger partial charge in [-0.05, 0) is 19.1 Å². The number of hydrogen-bond donors (Lipinski definition) is 1. The summed E-state index contributed by atoms with van der Waals surface area (Å²) in [5, 5.41) is 19.4. The Morgan fingerprint density at radius 1 is 1.33 bits per heavy atom. The first-order valence-electron chi connectivity index (χ1n) is 6.32. The number of nitro groups is 1. The van der Waals surface area contributed by atoms with Gasteiger partial charge >= 0.3 is 0 Å². The minimum Gasteiger partial charge on any atom is -0.379 e. The number of rotatable bonds is 4. The molecule has 3 aromatic rings. The van der Waals surface area contributed by atoms with E-state index in [1.807, 2.05) is 13.0 Å². The van der Waals surface area contributed by atoms with Gasteiger partial charge in [-0.25, -0.2) is 0 Å². The second kappa shape index (κ2) is 5.20. The first-order chi connectivity index (χ1) is 10.1. The predicted molar refractivity (Wildman–Crippen MR) is 77.0 cm³/mol. The number of aromatic nitrogens is 2. The van der Waals surface area contributed by atoms with E-state index in [0.29, 0.717) is 17.3 Å². The van der Waals surface area contributed by atoms with Gasteiger partial charge in [-0.1, -0.05) is 5.16 Å². The highest BCUT2D eigenvalue weighted by atomic mass is 16.6. The molecule has 2 heterocycles. The van der Waals surface area contributed by atoms with Gasteiger partial charge in [0.1, 0.15) is 11.5 Å². The molecule has 2 aromatic heterocycles. The van der Waals surface area contributed by atoms with Crippen molar-refractivity contribution in [2.24, 2.45) is 0 Å². The fourth-order valence-corrected chi connectivity index (χ4v) is 2.17. The van der Waals surface area contributed by atoms with Crippen LogP contribution in [0.5, 0.6) is 0 Å². The van der Waals surface area contributed by atoms with Gasteiger partial charge in [-0.2, -0.15) is 0 Å². The van der Waals surface area contributed by atoms with Gasteiger partial charge in [0, 0.05) is 35.6 Å². The van der Waals surface area contributed by atoms with Crippen molar-refractivity contribution < 1.29 is 9.45 Å². The van der Waals surface area contributed by atoms with Crippen LogP contribution in [0.2, 0.25) is 0 Å². The van der Waals surface area contributed by atoms with Gasteiger partial charge in [-0.15, -0.1) is 0 Å². The molecule has 0 atom stereocenters. The summed E-state index contributed by atoms with van der Waals surface area (Å²) >= 11 is 0. The summed E-state index contributed by atoms with van der Waals surface area (Å²) in [5.41, 5.74) is 1.60. The van der Waals surface area contributed by atoms with Crippen molar-refractivity contribution >= 4 is 22.1 Å². The molecule has 3 rings (SSSR count). The van der Waals surface area contributed by atoms with Crippen molar-refractivity contribution in [2.45, 2.75) is 13.5 Å². The van der Waals surface area contributed by atoms with E-state index in [-0.39, 0.29) is 5.69 Å². The molecule has 7 heteroatoms. The molecule has 7 nitrogen and oxygen atoms in total. The summed E-state index contributed by atoms with van der Waals surface area (Å²) in [4.78, 5) is 14.7. The first-order valence-corrected chi connectivity index (χ1v) is 6.32. The number of nitro benzene ring substituents is 1. The molecule has 106 valence electrons. The van der Waals surface area contributed by atoms with Crippen LogP contribution in [0.3, 0.4) is 0 Å². The van der Waals surface area contributed by atoms with Crippen molar-refractivity contribution in [3.05, 3.63) is 58.2 Å². The van der Waals surface area contributed by atoms with Crippen LogP contribution in [-0.2, 0) is 6.54 Å². The number of non-ortho nitro benzene ring substituents is 1. The Bertz CT molecular complexity index is 813. The van der Waals surface area contributed by atoms with Crippen LogP contribution in [0.4, 0.5) is 11.4 Å². The van der Waals surface area contributed by atoms with Crippen LogP contribution in [0.1, 0.15) is 11.5 Å². The topological polar surface area (TPSA) is 94.1 Å². The van der Waals surface area contributed by atoms with Crippen molar-refractivity contribution in [1.82, 2.24) is 10.1 Å². The maximum atomic E-state index is 11.1. The lowest BCUT2D eigenvalue weighted by Crippen LogP contribution is -2.01. The van der Waals surface area contributed by atoms with Crippen molar-refractivity contribution in [2.75, 3.05) is 5.32 Å². The number of nitrogens with one attached hydrogen (secondary N) is 1. The average molecular weight is 284 g/mol. The maximum Gasteiger partial charge on any atom is 0.277 e. The Hall–Kier alpha value is -2.96. The number of fused-ring (bicyclic) bond motifs is 1. The Kier molecular flexibility index (Phi) is 3.23. The zero-order valence-electron chi connectivity index (χ0n) is 11.2. The normalized spacial score (nSPS) is 10.7. The Labute approximate surface area is 119 Å². The molecule has 1 N–H and O–H groups in total. The summed E-state index contributed by atoms with van der Waals surface area (Å²) in [5.74, 6) is 0.738. The van der Waals surface area contributed by atoms with Crippen LogP contribution in [-0.4, -0.2) is 15.1 Å². The SMILES string of the molecule is Cc1cc(CNc2ccc([N+](=O)[O-])c3ccncc23)no1. The molecule has 0 fully saturated rings. The van der Waals surface area contributed by atoms with Gasteiger partial charge in [-0.3, -0.25) is 15.1 Å². The molecular weight excluding hydrogens is 272 g/mol. The smallest absolute Gasteiger partial charge is 0.277 e. The largest absolute Gasteiger partial charge is 0.379 e. The molecule has 0 aliphatic carbocycles. The lowest BCUT2D eigenvalue weighted by molar-refractivity contribution is -0.383. The summed E-state index contributed by atoms with van der Waals surface area (Å²) < 4.78 is 5.00. The zero-order chi connectivity index (χ0) is 14.8. The van der Waals surface area contributed by atoms with Gasteiger partial charge in [0.15, 0.2) is 0 Å². The molecule has 0 amide bonds. The van der Waals surface area contributed by atoms with Crippen LogP contribution in [0, 0.1) is 17.0 Å². The van der Waals surface area contributed by atoms with Crippen molar-refractivity contribution in [3.8, 4) is 0 Å². The first kappa shape index (κ1) is 13.0. The molecule has 0 aliphatic rings. The lowest BCUT2D eigenvalue weighted by atomic mass is 10.1. The third-order valence-electron chi connectivity index (χ3n) is 3.13. The van der Waals surface area contributed by atoms with Crippen LogP contribution in [0.25, 0.3) is 10.8 Å². The average Bonchev–Trinajstić information content (AvgIpc) is 2.90. The quantitative estimate of drug-likeness (QED) is 0.584. The molecule has 0 spiro atoms. The summed E-state index contributed by atoms with van der Waals surface area (Å²) in [6, 6.07) is 6.63. The van der Waals surface area contributed by atoms with Crippen LogP contribution < -0.4 is 5.32 Å². The molecule has 0 unspecified atom stereocenters. The van der Waals surface area contributed by atoms with Gasteiger partial charge in [0.05, 0.1) is 16.9 Å². The van der Waals surface area contributed by atoms with E-state index >= 15 is 0 Å². The monoisotopic (exact) mass is 284 g/mol. The molecular formula is C14H12N4O3. The zero-order valence-corrected chi connectivity index (χ0v) is 11.2. The molecule has 0 aliphatic heterocycles. The Morgan fingerprint density at radius 3 is 2.90 bits per heavy atom. The molecule has 1 aromatic carbocycles. The molecule has 21 heavy (non-hydrogen) atoms. The van der Waals surface area contributed by atoms with Gasteiger partial charge in [0.2, 0.25) is 0 Å². The number of pyridine rings is 1. The minimum absolute atomic E-state index is 0.0650. The van der Waals surface area contributed by atoms with E-state index in [1.54, 1.807) is 24.5 Å². The van der Waals surface area contributed by atoms with Crippen molar-refractivity contribution in [3.63, 3.8) is 0 Å². The molecule has 0 saturated carbocycles.